The van der Waals surface area contributed by atoms with Crippen molar-refractivity contribution in [1.82, 2.24) is 10.4 Å². The van der Waals surface area contributed by atoms with Crippen molar-refractivity contribution in [2.45, 2.75) is 0 Å². The molecule has 1 aromatic heterocycles. The SMILES string of the molecule is O=C(NN=Cc1c[nH]c2ccccc12)c1ccc2c(c1)OCCO2. The number of ether oxygens (including phenoxy) is 2. The van der Waals surface area contributed by atoms with Crippen LogP contribution in [0.5, 0.6) is 11.5 Å². The number of nitrogens with zero attached hydrogens (tertiary/aromatic N) is 1. The van der Waals surface area contributed by atoms with Gasteiger partial charge >= 0.3 is 0 Å². The predicted octanol–water partition coefficient (Wildman–Crippen LogP) is 2.70. The Kier molecular flexibility index (Phi) is 3.63. The van der Waals surface area contributed by atoms with Crippen LogP contribution < -0.4 is 14.9 Å². The number of para-hydroxylation sites is 1. The predicted molar refractivity (Wildman–Crippen MR) is 90.8 cm³/mol. The molecule has 2 aromatic carbocycles. The van der Waals surface area contributed by atoms with Gasteiger partial charge in [0, 0.05) is 28.2 Å². The molecule has 120 valence electrons. The summed E-state index contributed by atoms with van der Waals surface area (Å²) in [6.07, 6.45) is 3.47. The van der Waals surface area contributed by atoms with E-state index in [1.165, 1.54) is 0 Å². The number of fused-ring (bicyclic) bond motifs is 2. The lowest BCUT2D eigenvalue weighted by Gasteiger charge is -2.18. The first-order valence-electron chi connectivity index (χ1n) is 7.60. The Bertz CT molecular complexity index is 930. The maximum atomic E-state index is 12.2. The van der Waals surface area contributed by atoms with Crippen molar-refractivity contribution in [2.24, 2.45) is 5.10 Å². The summed E-state index contributed by atoms with van der Waals surface area (Å²) in [6.45, 7) is 1.00. The minimum Gasteiger partial charge on any atom is -0.486 e. The van der Waals surface area contributed by atoms with E-state index in [4.69, 9.17) is 9.47 Å². The van der Waals surface area contributed by atoms with Crippen molar-refractivity contribution in [3.8, 4) is 11.5 Å². The standard InChI is InChI=1S/C18H15N3O3/c22-18(12-5-6-16-17(9-12)24-8-7-23-16)21-20-11-13-10-19-15-4-2-1-3-14(13)15/h1-6,9-11,19H,7-8H2,(H,21,22). The number of carbonyl (C=O) groups is 1. The van der Waals surface area contributed by atoms with E-state index in [-0.39, 0.29) is 5.91 Å². The van der Waals surface area contributed by atoms with Gasteiger partial charge in [0.15, 0.2) is 11.5 Å². The number of hydrogen-bond acceptors (Lipinski definition) is 4. The summed E-state index contributed by atoms with van der Waals surface area (Å²) in [5.74, 6) is 0.928. The number of hydrogen-bond donors (Lipinski definition) is 2. The molecule has 0 atom stereocenters. The Hall–Kier alpha value is -3.28. The molecule has 0 spiro atoms. The van der Waals surface area contributed by atoms with Crippen LogP contribution in [0.25, 0.3) is 10.9 Å². The van der Waals surface area contributed by atoms with Crippen LogP contribution in [0.4, 0.5) is 0 Å². The molecule has 0 radical (unpaired) electrons. The van der Waals surface area contributed by atoms with Gasteiger partial charge in [-0.15, -0.1) is 0 Å². The van der Waals surface area contributed by atoms with E-state index in [0.29, 0.717) is 30.3 Å². The molecule has 0 bridgehead atoms. The van der Waals surface area contributed by atoms with Crippen LogP contribution in [-0.4, -0.2) is 30.3 Å². The number of benzene rings is 2. The second-order valence-corrected chi connectivity index (χ2v) is 5.35. The van der Waals surface area contributed by atoms with Crippen molar-refractivity contribution in [3.05, 3.63) is 59.8 Å². The van der Waals surface area contributed by atoms with E-state index in [9.17, 15) is 4.79 Å². The molecule has 0 saturated heterocycles. The number of rotatable bonds is 3. The van der Waals surface area contributed by atoms with Gasteiger partial charge in [-0.3, -0.25) is 4.79 Å². The van der Waals surface area contributed by atoms with E-state index in [1.807, 2.05) is 30.5 Å². The molecule has 0 unspecified atom stereocenters. The first-order valence-corrected chi connectivity index (χ1v) is 7.60. The largest absolute Gasteiger partial charge is 0.486 e. The third-order valence-corrected chi connectivity index (χ3v) is 3.80. The van der Waals surface area contributed by atoms with Crippen molar-refractivity contribution in [2.75, 3.05) is 13.2 Å². The molecular weight excluding hydrogens is 306 g/mol. The first kappa shape index (κ1) is 14.3. The maximum Gasteiger partial charge on any atom is 0.271 e. The summed E-state index contributed by atoms with van der Waals surface area (Å²) in [6, 6.07) is 13.0. The number of aromatic amines is 1. The van der Waals surface area contributed by atoms with Crippen LogP contribution in [0.3, 0.4) is 0 Å². The van der Waals surface area contributed by atoms with Gasteiger partial charge in [0.1, 0.15) is 13.2 Å². The normalized spacial score (nSPS) is 13.3. The van der Waals surface area contributed by atoms with E-state index < -0.39 is 0 Å². The van der Waals surface area contributed by atoms with Gasteiger partial charge in [-0.1, -0.05) is 18.2 Å². The minimum atomic E-state index is -0.303. The Morgan fingerprint density at radius 3 is 2.88 bits per heavy atom. The highest BCUT2D eigenvalue weighted by Gasteiger charge is 2.14. The van der Waals surface area contributed by atoms with Crippen LogP contribution in [0.15, 0.2) is 53.8 Å². The number of hydrazone groups is 1. The van der Waals surface area contributed by atoms with Crippen LogP contribution >= 0.6 is 0 Å². The van der Waals surface area contributed by atoms with Crippen molar-refractivity contribution >= 4 is 23.0 Å². The monoisotopic (exact) mass is 321 g/mol. The summed E-state index contributed by atoms with van der Waals surface area (Å²) in [7, 11) is 0. The summed E-state index contributed by atoms with van der Waals surface area (Å²) in [4.78, 5) is 15.4. The van der Waals surface area contributed by atoms with E-state index in [0.717, 1.165) is 16.5 Å². The molecule has 0 aliphatic carbocycles. The Morgan fingerprint density at radius 2 is 1.96 bits per heavy atom. The lowest BCUT2D eigenvalue weighted by Crippen LogP contribution is -2.19. The average molecular weight is 321 g/mol. The van der Waals surface area contributed by atoms with Crippen molar-refractivity contribution < 1.29 is 14.3 Å². The van der Waals surface area contributed by atoms with Gasteiger partial charge in [0.05, 0.1) is 6.21 Å². The number of carbonyl (C=O) groups excluding carboxylic acids is 1. The average Bonchev–Trinajstić information content (AvgIpc) is 3.04. The molecule has 1 aliphatic heterocycles. The molecule has 4 rings (SSSR count). The van der Waals surface area contributed by atoms with Crippen molar-refractivity contribution in [3.63, 3.8) is 0 Å². The Morgan fingerprint density at radius 1 is 1.12 bits per heavy atom. The van der Waals surface area contributed by atoms with Gasteiger partial charge in [0.25, 0.3) is 5.91 Å². The zero-order chi connectivity index (χ0) is 16.4. The second-order valence-electron chi connectivity index (χ2n) is 5.35. The molecule has 24 heavy (non-hydrogen) atoms. The zero-order valence-corrected chi connectivity index (χ0v) is 12.8. The summed E-state index contributed by atoms with van der Waals surface area (Å²) in [5.41, 5.74) is 4.93. The van der Waals surface area contributed by atoms with E-state index >= 15 is 0 Å². The van der Waals surface area contributed by atoms with Crippen LogP contribution in [-0.2, 0) is 0 Å². The van der Waals surface area contributed by atoms with Crippen LogP contribution in [0.1, 0.15) is 15.9 Å². The highest BCUT2D eigenvalue weighted by atomic mass is 16.6. The highest BCUT2D eigenvalue weighted by molar-refractivity contribution is 6.00. The molecule has 6 heteroatoms. The lowest BCUT2D eigenvalue weighted by molar-refractivity contribution is 0.0954. The Labute approximate surface area is 138 Å². The fourth-order valence-corrected chi connectivity index (χ4v) is 2.61. The summed E-state index contributed by atoms with van der Waals surface area (Å²) in [5, 5.41) is 5.09. The number of nitrogens with one attached hydrogen (secondary N) is 2. The quantitative estimate of drug-likeness (QED) is 0.575. The third kappa shape index (κ3) is 2.69. The van der Waals surface area contributed by atoms with Gasteiger partial charge in [-0.2, -0.15) is 5.10 Å². The first-order chi connectivity index (χ1) is 11.8. The molecule has 0 fully saturated rings. The smallest absolute Gasteiger partial charge is 0.271 e. The molecule has 2 heterocycles. The second kappa shape index (κ2) is 6.08. The highest BCUT2D eigenvalue weighted by Crippen LogP contribution is 2.30. The van der Waals surface area contributed by atoms with E-state index in [1.54, 1.807) is 24.4 Å². The van der Waals surface area contributed by atoms with Gasteiger partial charge < -0.3 is 14.5 Å². The number of H-pyrrole nitrogens is 1. The number of aromatic nitrogens is 1. The van der Waals surface area contributed by atoms with Crippen LogP contribution in [0, 0.1) is 0 Å². The van der Waals surface area contributed by atoms with Gasteiger partial charge in [-0.25, -0.2) is 5.43 Å². The molecule has 6 nitrogen and oxygen atoms in total. The van der Waals surface area contributed by atoms with Gasteiger partial charge in [-0.05, 0) is 24.3 Å². The molecule has 0 saturated carbocycles. The topological polar surface area (TPSA) is 75.7 Å². The molecular formula is C18H15N3O3. The Balaban J connectivity index is 1.48. The van der Waals surface area contributed by atoms with Gasteiger partial charge in [0.2, 0.25) is 0 Å². The molecule has 2 N–H and O–H groups in total. The molecule has 1 aliphatic rings. The fraction of sp³-hybridized carbons (Fsp3) is 0.111. The maximum absolute atomic E-state index is 12.2. The number of amides is 1. The molecule has 3 aromatic rings. The van der Waals surface area contributed by atoms with E-state index in [2.05, 4.69) is 15.5 Å². The van der Waals surface area contributed by atoms with Crippen molar-refractivity contribution in [1.29, 1.82) is 0 Å². The lowest BCUT2D eigenvalue weighted by atomic mass is 10.2. The molecule has 1 amide bonds. The minimum absolute atomic E-state index is 0.303. The third-order valence-electron chi connectivity index (χ3n) is 3.80. The summed E-state index contributed by atoms with van der Waals surface area (Å²) >= 11 is 0. The zero-order valence-electron chi connectivity index (χ0n) is 12.8. The summed E-state index contributed by atoms with van der Waals surface area (Å²) < 4.78 is 10.9. The fourth-order valence-electron chi connectivity index (χ4n) is 2.61. The van der Waals surface area contributed by atoms with Crippen LogP contribution in [0.2, 0.25) is 0 Å².